The molecule has 0 radical (unpaired) electrons. The topological polar surface area (TPSA) is 91.6 Å². The van der Waals surface area contributed by atoms with Crippen LogP contribution in [0.5, 0.6) is 0 Å². The number of alkyl halides is 9. The van der Waals surface area contributed by atoms with Crippen molar-refractivity contribution in [3.8, 4) is 11.3 Å². The maximum absolute atomic E-state index is 13.3. The molecule has 3 rings (SSSR count). The molecule has 2 aromatic carbocycles. The van der Waals surface area contributed by atoms with Gasteiger partial charge in [-0.15, -0.1) is 5.10 Å². The fourth-order valence-corrected chi connectivity index (χ4v) is 3.93. The third kappa shape index (κ3) is 9.80. The number of hydrogen-bond acceptors (Lipinski definition) is 4. The average molecular weight is 627 g/mol. The first-order valence-electron chi connectivity index (χ1n) is 12.6. The number of nitrogens with one attached hydrogen (secondary N) is 2. The van der Waals surface area contributed by atoms with Gasteiger partial charge in [0.1, 0.15) is 12.4 Å². The summed E-state index contributed by atoms with van der Waals surface area (Å²) in [4.78, 5) is 9.26. The van der Waals surface area contributed by atoms with Gasteiger partial charge >= 0.3 is 18.5 Å². The van der Waals surface area contributed by atoms with Crippen LogP contribution in [-0.4, -0.2) is 42.0 Å². The van der Waals surface area contributed by atoms with Crippen LogP contribution in [0.25, 0.3) is 11.3 Å². The standard InChI is InChI=1S/C18H25F3N6O.C9H6F6/c1-5-14-16(25-15(24-14)10-28-4)13-7-6-12(18(19,20)21)8-11(13)9-27(3)17(22)26-23-2;1-5-2-6(8(10,11)12)4-7(3-5)9(13,14)15/h6-8,23H,5,9-10H2,1-4H3,(H2,22,26)(H,24,25);2-4H,1H3. The lowest BCUT2D eigenvalue weighted by molar-refractivity contribution is -0.143. The van der Waals surface area contributed by atoms with E-state index in [2.05, 4.69) is 20.5 Å². The zero-order chi connectivity index (χ0) is 32.8. The van der Waals surface area contributed by atoms with E-state index in [4.69, 9.17) is 10.5 Å². The number of aryl methyl sites for hydroxylation is 2. The molecule has 0 amide bonds. The number of imidazole rings is 1. The van der Waals surface area contributed by atoms with Gasteiger partial charge in [0.2, 0.25) is 5.96 Å². The fraction of sp³-hybridized carbons (Fsp3) is 0.407. The van der Waals surface area contributed by atoms with Gasteiger partial charge in [0.15, 0.2) is 0 Å². The first-order chi connectivity index (χ1) is 19.8. The van der Waals surface area contributed by atoms with E-state index in [0.29, 0.717) is 41.2 Å². The maximum atomic E-state index is 13.3. The molecule has 0 atom stereocenters. The van der Waals surface area contributed by atoms with Crippen molar-refractivity contribution in [2.45, 2.75) is 51.9 Å². The first kappa shape index (κ1) is 35.2. The number of hydrazone groups is 1. The van der Waals surface area contributed by atoms with Crippen LogP contribution in [0.3, 0.4) is 0 Å². The predicted molar refractivity (Wildman–Crippen MR) is 142 cm³/mol. The molecular weight excluding hydrogens is 595 g/mol. The van der Waals surface area contributed by atoms with Crippen molar-refractivity contribution in [1.82, 2.24) is 20.3 Å². The first-order valence-corrected chi connectivity index (χ1v) is 12.6. The number of guanidine groups is 1. The number of H-pyrrole nitrogens is 1. The van der Waals surface area contributed by atoms with Crippen molar-refractivity contribution in [2.24, 2.45) is 10.8 Å². The van der Waals surface area contributed by atoms with Crippen molar-refractivity contribution in [3.63, 3.8) is 0 Å². The zero-order valence-electron chi connectivity index (χ0n) is 23.8. The van der Waals surface area contributed by atoms with Gasteiger partial charge < -0.3 is 25.8 Å². The smallest absolute Gasteiger partial charge is 0.377 e. The summed E-state index contributed by atoms with van der Waals surface area (Å²) in [5.41, 5.74) is 7.52. The lowest BCUT2D eigenvalue weighted by atomic mass is 9.99. The van der Waals surface area contributed by atoms with Gasteiger partial charge in [-0.3, -0.25) is 0 Å². The predicted octanol–water partition coefficient (Wildman–Crippen LogP) is 6.72. The summed E-state index contributed by atoms with van der Waals surface area (Å²) >= 11 is 0. The highest BCUT2D eigenvalue weighted by molar-refractivity contribution is 5.78. The average Bonchev–Trinajstić information content (AvgIpc) is 3.30. The van der Waals surface area contributed by atoms with Crippen molar-refractivity contribution in [2.75, 3.05) is 21.2 Å². The highest BCUT2D eigenvalue weighted by Gasteiger charge is 2.36. The number of rotatable bonds is 7. The summed E-state index contributed by atoms with van der Waals surface area (Å²) < 4.78 is 118. The van der Waals surface area contributed by atoms with Gasteiger partial charge in [0, 0.05) is 39.0 Å². The minimum atomic E-state index is -4.76. The second-order valence-electron chi connectivity index (χ2n) is 9.30. The van der Waals surface area contributed by atoms with E-state index in [-0.39, 0.29) is 30.7 Å². The largest absolute Gasteiger partial charge is 0.416 e. The normalized spacial score (nSPS) is 12.6. The molecule has 0 unspecified atom stereocenters. The summed E-state index contributed by atoms with van der Waals surface area (Å²) in [6.45, 7) is 3.54. The minimum Gasteiger partial charge on any atom is -0.377 e. The van der Waals surface area contributed by atoms with Crippen LogP contribution >= 0.6 is 0 Å². The van der Waals surface area contributed by atoms with E-state index >= 15 is 0 Å². The van der Waals surface area contributed by atoms with Gasteiger partial charge in [0.05, 0.1) is 22.4 Å². The van der Waals surface area contributed by atoms with Crippen LogP contribution in [-0.2, 0) is 42.8 Å². The Balaban J connectivity index is 0.000000362. The molecule has 1 aromatic heterocycles. The molecule has 238 valence electrons. The van der Waals surface area contributed by atoms with Crippen LogP contribution in [0, 0.1) is 6.92 Å². The van der Waals surface area contributed by atoms with Crippen LogP contribution in [0.1, 0.15) is 46.3 Å². The molecule has 0 saturated carbocycles. The lowest BCUT2D eigenvalue weighted by Gasteiger charge is -2.21. The van der Waals surface area contributed by atoms with Crippen molar-refractivity contribution in [3.05, 3.63) is 75.7 Å². The van der Waals surface area contributed by atoms with Gasteiger partial charge in [-0.25, -0.2) is 4.98 Å². The molecule has 1 heterocycles. The Morgan fingerprint density at radius 1 is 0.953 bits per heavy atom. The maximum Gasteiger partial charge on any atom is 0.416 e. The zero-order valence-corrected chi connectivity index (χ0v) is 23.8. The Morgan fingerprint density at radius 2 is 1.51 bits per heavy atom. The molecule has 3 aromatic rings. The summed E-state index contributed by atoms with van der Waals surface area (Å²) in [6.07, 6.45) is -13.3. The molecule has 0 saturated heterocycles. The second kappa shape index (κ2) is 14.0. The van der Waals surface area contributed by atoms with Crippen molar-refractivity contribution < 1.29 is 44.3 Å². The summed E-state index contributed by atoms with van der Waals surface area (Å²) in [5, 5.41) is 3.87. The minimum absolute atomic E-state index is 0.0721. The summed E-state index contributed by atoms with van der Waals surface area (Å²) in [7, 11) is 4.79. The Labute approximate surface area is 241 Å². The Morgan fingerprint density at radius 3 is 1.98 bits per heavy atom. The highest BCUT2D eigenvalue weighted by atomic mass is 19.4. The molecule has 0 bridgehead atoms. The van der Waals surface area contributed by atoms with E-state index in [1.54, 1.807) is 26.1 Å². The quantitative estimate of drug-likeness (QED) is 0.117. The molecule has 43 heavy (non-hydrogen) atoms. The molecule has 0 aliphatic carbocycles. The number of aromatic nitrogens is 2. The lowest BCUT2D eigenvalue weighted by Crippen LogP contribution is -2.35. The second-order valence-corrected chi connectivity index (χ2v) is 9.30. The Hall–Kier alpha value is -3.95. The number of benzene rings is 2. The van der Waals surface area contributed by atoms with Gasteiger partial charge in [0.25, 0.3) is 0 Å². The SMILES string of the molecule is CCc1[nH]c(COC)nc1-c1ccc(C(F)(F)F)cc1CN(C)/C(N)=N/NC.Cc1cc(C(F)(F)F)cc(C(F)(F)F)c1. The van der Waals surface area contributed by atoms with E-state index in [1.165, 1.54) is 13.0 Å². The van der Waals surface area contributed by atoms with Crippen LogP contribution in [0.2, 0.25) is 0 Å². The van der Waals surface area contributed by atoms with Gasteiger partial charge in [-0.2, -0.15) is 39.5 Å². The molecular formula is C27H31F9N6O. The van der Waals surface area contributed by atoms with Gasteiger partial charge in [-0.05, 0) is 54.8 Å². The summed E-state index contributed by atoms with van der Waals surface area (Å²) in [5.74, 6) is 0.772. The number of hydrogen-bond donors (Lipinski definition) is 3. The Bertz CT molecular complexity index is 1360. The van der Waals surface area contributed by atoms with E-state index in [9.17, 15) is 39.5 Å². The van der Waals surface area contributed by atoms with Crippen LogP contribution in [0.4, 0.5) is 39.5 Å². The number of nitrogens with zero attached hydrogens (tertiary/aromatic N) is 3. The summed E-state index contributed by atoms with van der Waals surface area (Å²) in [6, 6.07) is 5.09. The van der Waals surface area contributed by atoms with Crippen LogP contribution in [0.15, 0.2) is 41.5 Å². The number of aromatic amines is 1. The highest BCUT2D eigenvalue weighted by Crippen LogP contribution is 2.37. The third-order valence-electron chi connectivity index (χ3n) is 5.91. The molecule has 0 aliphatic heterocycles. The van der Waals surface area contributed by atoms with E-state index in [0.717, 1.165) is 17.8 Å². The fourth-order valence-electron chi connectivity index (χ4n) is 3.93. The number of ether oxygens (including phenoxy) is 1. The monoisotopic (exact) mass is 626 g/mol. The van der Waals surface area contributed by atoms with Crippen LogP contribution < -0.4 is 11.2 Å². The Kier molecular flexibility index (Phi) is 11.5. The number of nitrogens with two attached hydrogens (primary N) is 1. The molecule has 7 nitrogen and oxygen atoms in total. The molecule has 0 spiro atoms. The van der Waals surface area contributed by atoms with E-state index < -0.39 is 35.2 Å². The van der Waals surface area contributed by atoms with Gasteiger partial charge in [-0.1, -0.05) is 13.0 Å². The molecule has 0 aliphatic rings. The molecule has 4 N–H and O–H groups in total. The number of methoxy groups -OCH3 is 1. The van der Waals surface area contributed by atoms with Crippen molar-refractivity contribution in [1.29, 1.82) is 0 Å². The molecule has 16 heteroatoms. The third-order valence-corrected chi connectivity index (χ3v) is 5.91. The molecule has 0 fully saturated rings. The number of halogens is 9. The van der Waals surface area contributed by atoms with Crippen molar-refractivity contribution >= 4 is 5.96 Å². The van der Waals surface area contributed by atoms with E-state index in [1.807, 2.05) is 6.92 Å².